The van der Waals surface area contributed by atoms with E-state index in [1.165, 1.54) is 12.7 Å². The molecule has 0 atom stereocenters. The molecular formula is C8H13NO2. The fourth-order valence-electron chi connectivity index (χ4n) is 1.07. The Morgan fingerprint density at radius 1 is 1.82 bits per heavy atom. The van der Waals surface area contributed by atoms with Crippen LogP contribution in [0.5, 0.6) is 0 Å². The zero-order valence-electron chi connectivity index (χ0n) is 6.72. The van der Waals surface area contributed by atoms with Gasteiger partial charge in [0, 0.05) is 6.54 Å². The van der Waals surface area contributed by atoms with Gasteiger partial charge in [-0.1, -0.05) is 11.6 Å². The molecule has 0 aromatic rings. The van der Waals surface area contributed by atoms with E-state index in [1.807, 2.05) is 6.08 Å². The maximum absolute atomic E-state index is 10.7. The number of ether oxygens (including phenoxy) is 1. The van der Waals surface area contributed by atoms with Gasteiger partial charge in [0.15, 0.2) is 0 Å². The minimum absolute atomic E-state index is 0.163. The second-order valence-corrected chi connectivity index (χ2v) is 2.57. The van der Waals surface area contributed by atoms with Gasteiger partial charge in [-0.15, -0.1) is 0 Å². The summed E-state index contributed by atoms with van der Waals surface area (Å²) in [6.45, 7) is 1.96. The number of rotatable bonds is 2. The molecule has 0 radical (unpaired) electrons. The fourth-order valence-corrected chi connectivity index (χ4v) is 1.07. The van der Waals surface area contributed by atoms with E-state index in [0.717, 1.165) is 19.5 Å². The largest absolute Gasteiger partial charge is 0.469 e. The second-order valence-electron chi connectivity index (χ2n) is 2.57. The molecule has 1 aliphatic rings. The van der Waals surface area contributed by atoms with Gasteiger partial charge in [-0.05, 0) is 13.0 Å². The number of carbonyl (C=O) groups excluding carboxylic acids is 1. The highest BCUT2D eigenvalue weighted by Gasteiger charge is 2.05. The molecule has 3 heteroatoms. The Labute approximate surface area is 66.4 Å². The highest BCUT2D eigenvalue weighted by atomic mass is 16.5. The molecule has 0 saturated carbocycles. The molecule has 1 heterocycles. The van der Waals surface area contributed by atoms with E-state index in [4.69, 9.17) is 0 Å². The number of esters is 1. The molecule has 0 aromatic carbocycles. The Kier molecular flexibility index (Phi) is 3.11. The highest BCUT2D eigenvalue weighted by Crippen LogP contribution is 2.06. The van der Waals surface area contributed by atoms with E-state index < -0.39 is 0 Å². The van der Waals surface area contributed by atoms with Gasteiger partial charge < -0.3 is 10.1 Å². The first-order valence-corrected chi connectivity index (χ1v) is 3.78. The molecule has 3 nitrogen and oxygen atoms in total. The molecule has 11 heavy (non-hydrogen) atoms. The van der Waals surface area contributed by atoms with Crippen molar-refractivity contribution >= 4 is 5.97 Å². The number of nitrogens with one attached hydrogen (secondary N) is 1. The van der Waals surface area contributed by atoms with Crippen LogP contribution in [-0.2, 0) is 9.53 Å². The summed E-state index contributed by atoms with van der Waals surface area (Å²) in [5.41, 5.74) is 1.32. The van der Waals surface area contributed by atoms with Crippen LogP contribution >= 0.6 is 0 Å². The maximum atomic E-state index is 10.7. The highest BCUT2D eigenvalue weighted by molar-refractivity contribution is 5.71. The number of carbonyl (C=O) groups is 1. The van der Waals surface area contributed by atoms with E-state index in [2.05, 4.69) is 10.1 Å². The summed E-state index contributed by atoms with van der Waals surface area (Å²) in [4.78, 5) is 10.7. The number of hydrogen-bond acceptors (Lipinski definition) is 3. The average molecular weight is 155 g/mol. The molecule has 0 aliphatic carbocycles. The maximum Gasteiger partial charge on any atom is 0.309 e. The van der Waals surface area contributed by atoms with E-state index in [1.54, 1.807) is 0 Å². The van der Waals surface area contributed by atoms with Crippen LogP contribution < -0.4 is 5.32 Å². The lowest BCUT2D eigenvalue weighted by atomic mass is 10.2. The monoisotopic (exact) mass is 155 g/mol. The topological polar surface area (TPSA) is 38.3 Å². The first kappa shape index (κ1) is 8.27. The summed E-state index contributed by atoms with van der Waals surface area (Å²) in [6.07, 6.45) is 3.43. The van der Waals surface area contributed by atoms with E-state index in [0.29, 0.717) is 6.42 Å². The van der Waals surface area contributed by atoms with Crippen molar-refractivity contribution in [2.24, 2.45) is 0 Å². The molecule has 1 rings (SSSR count). The van der Waals surface area contributed by atoms with E-state index >= 15 is 0 Å². The van der Waals surface area contributed by atoms with Crippen molar-refractivity contribution in [2.45, 2.75) is 12.8 Å². The molecular weight excluding hydrogens is 142 g/mol. The van der Waals surface area contributed by atoms with Crippen LogP contribution in [0.3, 0.4) is 0 Å². The molecule has 1 saturated heterocycles. The third kappa shape index (κ3) is 2.72. The van der Waals surface area contributed by atoms with Crippen LogP contribution in [0.4, 0.5) is 0 Å². The molecule has 0 amide bonds. The molecule has 0 aromatic heterocycles. The molecule has 62 valence electrons. The average Bonchev–Trinajstić information content (AvgIpc) is 2.52. The predicted molar refractivity (Wildman–Crippen MR) is 42.2 cm³/mol. The zero-order valence-corrected chi connectivity index (χ0v) is 6.72. The Bertz CT molecular complexity index is 167. The summed E-state index contributed by atoms with van der Waals surface area (Å²) in [6, 6.07) is 0. The zero-order chi connectivity index (χ0) is 8.10. The first-order chi connectivity index (χ1) is 5.33. The van der Waals surface area contributed by atoms with Crippen molar-refractivity contribution in [1.82, 2.24) is 5.32 Å². The molecule has 1 fully saturated rings. The number of methoxy groups -OCH3 is 1. The van der Waals surface area contributed by atoms with Crippen molar-refractivity contribution < 1.29 is 9.53 Å². The Balaban J connectivity index is 2.28. The van der Waals surface area contributed by atoms with Gasteiger partial charge in [0.2, 0.25) is 0 Å². The summed E-state index contributed by atoms with van der Waals surface area (Å²) < 4.78 is 4.51. The quantitative estimate of drug-likeness (QED) is 0.465. The van der Waals surface area contributed by atoms with Gasteiger partial charge in [0.05, 0.1) is 13.5 Å². The normalized spacial score (nSPS) is 20.6. The van der Waals surface area contributed by atoms with Crippen molar-refractivity contribution in [3.63, 3.8) is 0 Å². The van der Waals surface area contributed by atoms with Crippen LogP contribution in [0.1, 0.15) is 12.8 Å². The molecule has 1 N–H and O–H groups in total. The lowest BCUT2D eigenvalue weighted by Crippen LogP contribution is -2.05. The third-order valence-electron chi connectivity index (χ3n) is 1.76. The van der Waals surface area contributed by atoms with Crippen LogP contribution in [0.25, 0.3) is 0 Å². The lowest BCUT2D eigenvalue weighted by molar-refractivity contribution is -0.139. The van der Waals surface area contributed by atoms with Crippen LogP contribution in [-0.4, -0.2) is 26.2 Å². The smallest absolute Gasteiger partial charge is 0.309 e. The number of hydrogen-bond donors (Lipinski definition) is 1. The van der Waals surface area contributed by atoms with Gasteiger partial charge in [0.25, 0.3) is 0 Å². The van der Waals surface area contributed by atoms with Gasteiger partial charge in [-0.2, -0.15) is 0 Å². The van der Waals surface area contributed by atoms with E-state index in [-0.39, 0.29) is 5.97 Å². The van der Waals surface area contributed by atoms with Crippen molar-refractivity contribution in [3.8, 4) is 0 Å². The fraction of sp³-hybridized carbons (Fsp3) is 0.625. The SMILES string of the molecule is COC(=O)C/C=C1\CCNC1. The second kappa shape index (κ2) is 4.13. The summed E-state index contributed by atoms with van der Waals surface area (Å²) in [5.74, 6) is -0.163. The van der Waals surface area contributed by atoms with Crippen LogP contribution in [0.2, 0.25) is 0 Å². The van der Waals surface area contributed by atoms with Crippen molar-refractivity contribution in [2.75, 3.05) is 20.2 Å². The van der Waals surface area contributed by atoms with Crippen LogP contribution in [0, 0.1) is 0 Å². The summed E-state index contributed by atoms with van der Waals surface area (Å²) in [7, 11) is 1.41. The summed E-state index contributed by atoms with van der Waals surface area (Å²) >= 11 is 0. The van der Waals surface area contributed by atoms with Crippen molar-refractivity contribution in [1.29, 1.82) is 0 Å². The van der Waals surface area contributed by atoms with Crippen LogP contribution in [0.15, 0.2) is 11.6 Å². The van der Waals surface area contributed by atoms with Gasteiger partial charge in [0.1, 0.15) is 0 Å². The Morgan fingerprint density at radius 3 is 3.18 bits per heavy atom. The Hall–Kier alpha value is -0.830. The summed E-state index contributed by atoms with van der Waals surface area (Å²) in [5, 5.41) is 3.19. The van der Waals surface area contributed by atoms with Gasteiger partial charge in [-0.25, -0.2) is 0 Å². The van der Waals surface area contributed by atoms with E-state index in [9.17, 15) is 4.79 Å². The first-order valence-electron chi connectivity index (χ1n) is 3.78. The minimum atomic E-state index is -0.163. The molecule has 0 spiro atoms. The minimum Gasteiger partial charge on any atom is -0.469 e. The third-order valence-corrected chi connectivity index (χ3v) is 1.76. The van der Waals surface area contributed by atoms with Gasteiger partial charge >= 0.3 is 5.97 Å². The van der Waals surface area contributed by atoms with Gasteiger partial charge in [-0.3, -0.25) is 4.79 Å². The lowest BCUT2D eigenvalue weighted by Gasteiger charge is -1.94. The van der Waals surface area contributed by atoms with Crippen molar-refractivity contribution in [3.05, 3.63) is 11.6 Å². The standard InChI is InChI=1S/C8H13NO2/c1-11-8(10)3-2-7-4-5-9-6-7/h2,9H,3-6H2,1H3/b7-2+. The predicted octanol–water partition coefficient (Wildman–Crippen LogP) is 0.469. The molecule has 0 bridgehead atoms. The Morgan fingerprint density at radius 2 is 2.64 bits per heavy atom. The molecule has 1 aliphatic heterocycles. The molecule has 0 unspecified atom stereocenters.